The fraction of sp³-hybridized carbons (Fsp3) is 0.200. The number of aromatic nitrogens is 2. The Morgan fingerprint density at radius 3 is 2.56 bits per heavy atom. The standard InChI is InChI=1S/C25H22ClN3O5/c1-13-10-20(21(32-4)12-18(13)26)27-23(30)15(3)33-25(31)17-11-19(16-8-6-5-7-9-16)28-24-22(17)14(2)29-34-24/h5-12,15H,1-4H3,(H,27,30). The summed E-state index contributed by atoms with van der Waals surface area (Å²) in [6.45, 7) is 5.00. The second-order valence-corrected chi connectivity index (χ2v) is 8.11. The van der Waals surface area contributed by atoms with Crippen molar-refractivity contribution in [3.05, 3.63) is 70.4 Å². The number of anilines is 1. The minimum absolute atomic E-state index is 0.210. The molecule has 0 aliphatic rings. The number of amides is 1. The SMILES string of the molecule is COc1cc(Cl)c(C)cc1NC(=O)C(C)OC(=O)c1cc(-c2ccccc2)nc2onc(C)c12. The third-order valence-electron chi connectivity index (χ3n) is 5.30. The lowest BCUT2D eigenvalue weighted by Gasteiger charge is -2.16. The predicted octanol–water partition coefficient (Wildman–Crippen LogP) is 5.35. The molecule has 0 saturated heterocycles. The van der Waals surface area contributed by atoms with E-state index in [0.29, 0.717) is 33.2 Å². The summed E-state index contributed by atoms with van der Waals surface area (Å²) in [5.41, 5.74) is 3.42. The molecule has 1 atom stereocenters. The van der Waals surface area contributed by atoms with E-state index in [1.165, 1.54) is 14.0 Å². The summed E-state index contributed by atoms with van der Waals surface area (Å²) in [5.74, 6) is -0.826. The van der Waals surface area contributed by atoms with Gasteiger partial charge >= 0.3 is 5.97 Å². The topological polar surface area (TPSA) is 104 Å². The number of pyridine rings is 1. The molecule has 4 aromatic rings. The second kappa shape index (κ2) is 9.52. The maximum absolute atomic E-state index is 13.1. The Kier molecular flexibility index (Phi) is 6.51. The zero-order valence-corrected chi connectivity index (χ0v) is 19.8. The van der Waals surface area contributed by atoms with Crippen molar-refractivity contribution in [3.8, 4) is 17.0 Å². The van der Waals surface area contributed by atoms with E-state index in [1.807, 2.05) is 30.3 Å². The Balaban J connectivity index is 1.60. The molecule has 4 rings (SSSR count). The van der Waals surface area contributed by atoms with Crippen LogP contribution >= 0.6 is 11.6 Å². The lowest BCUT2D eigenvalue weighted by molar-refractivity contribution is -0.123. The van der Waals surface area contributed by atoms with Crippen molar-refractivity contribution in [1.82, 2.24) is 10.1 Å². The first kappa shape index (κ1) is 23.3. The second-order valence-electron chi connectivity index (χ2n) is 7.71. The van der Waals surface area contributed by atoms with E-state index in [1.54, 1.807) is 32.0 Å². The van der Waals surface area contributed by atoms with Crippen molar-refractivity contribution >= 4 is 40.3 Å². The zero-order valence-electron chi connectivity index (χ0n) is 19.0. The van der Waals surface area contributed by atoms with Gasteiger partial charge in [-0.05, 0) is 38.5 Å². The molecule has 0 bridgehead atoms. The highest BCUT2D eigenvalue weighted by atomic mass is 35.5. The number of fused-ring (bicyclic) bond motifs is 1. The van der Waals surface area contributed by atoms with Crippen LogP contribution in [0.1, 0.15) is 28.5 Å². The molecular formula is C25H22ClN3O5. The van der Waals surface area contributed by atoms with E-state index in [2.05, 4.69) is 15.5 Å². The molecule has 0 aliphatic carbocycles. The molecule has 1 amide bonds. The first-order chi connectivity index (χ1) is 16.3. The Morgan fingerprint density at radius 1 is 1.12 bits per heavy atom. The monoisotopic (exact) mass is 479 g/mol. The normalized spacial score (nSPS) is 11.8. The minimum atomic E-state index is -1.10. The molecule has 8 nitrogen and oxygen atoms in total. The summed E-state index contributed by atoms with van der Waals surface area (Å²) in [4.78, 5) is 30.4. The Hall–Kier alpha value is -3.91. The molecule has 1 unspecified atom stereocenters. The maximum Gasteiger partial charge on any atom is 0.339 e. The van der Waals surface area contributed by atoms with Crippen LogP contribution in [0.15, 0.2) is 53.1 Å². The smallest absolute Gasteiger partial charge is 0.339 e. The van der Waals surface area contributed by atoms with Crippen LogP contribution < -0.4 is 10.1 Å². The van der Waals surface area contributed by atoms with E-state index in [9.17, 15) is 9.59 Å². The lowest BCUT2D eigenvalue weighted by Crippen LogP contribution is -2.30. The molecule has 0 aliphatic heterocycles. The molecule has 174 valence electrons. The van der Waals surface area contributed by atoms with Crippen LogP contribution in [0.2, 0.25) is 5.02 Å². The number of aryl methyl sites for hydroxylation is 2. The van der Waals surface area contributed by atoms with Gasteiger partial charge in [0.1, 0.15) is 5.75 Å². The van der Waals surface area contributed by atoms with Gasteiger partial charge in [0.25, 0.3) is 11.6 Å². The number of methoxy groups -OCH3 is 1. The van der Waals surface area contributed by atoms with Crippen LogP contribution in [-0.4, -0.2) is 35.2 Å². The average molecular weight is 480 g/mol. The summed E-state index contributed by atoms with van der Waals surface area (Å²) in [5, 5.41) is 7.60. The molecule has 0 saturated carbocycles. The third kappa shape index (κ3) is 4.58. The van der Waals surface area contributed by atoms with Gasteiger partial charge in [0.2, 0.25) is 0 Å². The minimum Gasteiger partial charge on any atom is -0.495 e. The maximum atomic E-state index is 13.1. The molecule has 0 radical (unpaired) electrons. The molecule has 0 spiro atoms. The van der Waals surface area contributed by atoms with Crippen LogP contribution in [-0.2, 0) is 9.53 Å². The predicted molar refractivity (Wildman–Crippen MR) is 128 cm³/mol. The molecule has 0 fully saturated rings. The van der Waals surface area contributed by atoms with E-state index in [-0.39, 0.29) is 11.3 Å². The Labute approximate surface area is 200 Å². The molecule has 2 aromatic carbocycles. The third-order valence-corrected chi connectivity index (χ3v) is 5.71. The van der Waals surface area contributed by atoms with E-state index >= 15 is 0 Å². The van der Waals surface area contributed by atoms with Gasteiger partial charge in [0.05, 0.1) is 35.1 Å². The van der Waals surface area contributed by atoms with Gasteiger partial charge in [-0.3, -0.25) is 4.79 Å². The number of carbonyl (C=O) groups excluding carboxylic acids is 2. The van der Waals surface area contributed by atoms with Crippen molar-refractivity contribution in [2.45, 2.75) is 26.9 Å². The fourth-order valence-electron chi connectivity index (χ4n) is 3.45. The molecule has 1 N–H and O–H groups in total. The van der Waals surface area contributed by atoms with Crippen molar-refractivity contribution < 1.29 is 23.6 Å². The van der Waals surface area contributed by atoms with Crippen LogP contribution in [0, 0.1) is 13.8 Å². The summed E-state index contributed by atoms with van der Waals surface area (Å²) < 4.78 is 16.1. The molecular weight excluding hydrogens is 458 g/mol. The average Bonchev–Trinajstić information content (AvgIpc) is 3.21. The van der Waals surface area contributed by atoms with Crippen molar-refractivity contribution in [2.75, 3.05) is 12.4 Å². The van der Waals surface area contributed by atoms with Crippen molar-refractivity contribution in [1.29, 1.82) is 0 Å². The quantitative estimate of drug-likeness (QED) is 0.371. The number of nitrogens with one attached hydrogen (secondary N) is 1. The highest BCUT2D eigenvalue weighted by molar-refractivity contribution is 6.31. The van der Waals surface area contributed by atoms with E-state index < -0.39 is 18.0 Å². The molecule has 9 heteroatoms. The zero-order chi connectivity index (χ0) is 24.4. The number of carbonyl (C=O) groups is 2. The van der Waals surface area contributed by atoms with Gasteiger partial charge in [-0.2, -0.15) is 0 Å². The summed E-state index contributed by atoms with van der Waals surface area (Å²) in [6.07, 6.45) is -1.10. The number of hydrogen-bond acceptors (Lipinski definition) is 7. The van der Waals surface area contributed by atoms with Gasteiger partial charge < -0.3 is 19.3 Å². The highest BCUT2D eigenvalue weighted by Gasteiger charge is 2.25. The fourth-order valence-corrected chi connectivity index (χ4v) is 3.61. The summed E-state index contributed by atoms with van der Waals surface area (Å²) >= 11 is 6.13. The van der Waals surface area contributed by atoms with Gasteiger partial charge in [0, 0.05) is 16.7 Å². The number of ether oxygens (including phenoxy) is 2. The Bertz CT molecular complexity index is 1380. The number of halogens is 1. The largest absolute Gasteiger partial charge is 0.495 e. The Morgan fingerprint density at radius 2 is 1.85 bits per heavy atom. The van der Waals surface area contributed by atoms with Crippen molar-refractivity contribution in [3.63, 3.8) is 0 Å². The highest BCUT2D eigenvalue weighted by Crippen LogP contribution is 2.31. The molecule has 2 heterocycles. The lowest BCUT2D eigenvalue weighted by atomic mass is 10.1. The van der Waals surface area contributed by atoms with Crippen LogP contribution in [0.25, 0.3) is 22.4 Å². The van der Waals surface area contributed by atoms with Crippen LogP contribution in [0.4, 0.5) is 5.69 Å². The number of esters is 1. The van der Waals surface area contributed by atoms with E-state index in [0.717, 1.165) is 11.1 Å². The van der Waals surface area contributed by atoms with Crippen LogP contribution in [0.3, 0.4) is 0 Å². The van der Waals surface area contributed by atoms with Gasteiger partial charge in [-0.1, -0.05) is 47.1 Å². The number of rotatable bonds is 6. The summed E-state index contributed by atoms with van der Waals surface area (Å²) in [7, 11) is 1.47. The molecule has 34 heavy (non-hydrogen) atoms. The van der Waals surface area contributed by atoms with Gasteiger partial charge in [-0.25, -0.2) is 9.78 Å². The van der Waals surface area contributed by atoms with Crippen LogP contribution in [0.5, 0.6) is 5.75 Å². The number of benzene rings is 2. The summed E-state index contributed by atoms with van der Waals surface area (Å²) in [6, 6.07) is 14.2. The van der Waals surface area contributed by atoms with Gasteiger partial charge in [-0.15, -0.1) is 0 Å². The first-order valence-corrected chi connectivity index (χ1v) is 10.8. The first-order valence-electron chi connectivity index (χ1n) is 10.5. The number of nitrogens with zero attached hydrogens (tertiary/aromatic N) is 2. The number of hydrogen-bond donors (Lipinski definition) is 1. The van der Waals surface area contributed by atoms with E-state index in [4.69, 9.17) is 25.6 Å². The molecule has 2 aromatic heterocycles. The van der Waals surface area contributed by atoms with Crippen molar-refractivity contribution in [2.24, 2.45) is 0 Å². The van der Waals surface area contributed by atoms with Gasteiger partial charge in [0.15, 0.2) is 6.10 Å².